The van der Waals surface area contributed by atoms with Crippen molar-refractivity contribution in [2.24, 2.45) is 0 Å². The van der Waals surface area contributed by atoms with Crippen LogP contribution < -0.4 is 0 Å². The Kier molecular flexibility index (Phi) is 3.66. The van der Waals surface area contributed by atoms with Crippen molar-refractivity contribution >= 4 is 38.6 Å². The molecule has 1 aromatic heterocycles. The van der Waals surface area contributed by atoms with Gasteiger partial charge in [0.2, 0.25) is 0 Å². The molecule has 2 aromatic carbocycles. The Bertz CT molecular complexity index is 882. The number of fused-ring (bicyclic) bond motifs is 1. The van der Waals surface area contributed by atoms with E-state index < -0.39 is 0 Å². The number of alkyl halides is 1. The summed E-state index contributed by atoms with van der Waals surface area (Å²) < 4.78 is 16.1. The lowest BCUT2D eigenvalue weighted by Crippen LogP contribution is -2.01. The van der Waals surface area contributed by atoms with Gasteiger partial charge in [0, 0.05) is 4.47 Å². The standard InChI is InChI=1S/C15H8BrClFN3/c16-11-5-4-10(18)6-13(11)21-12-3-1-2-9(8-19)15(12)20-14(21)7-17/h1-6H,7H2. The Morgan fingerprint density at radius 3 is 2.86 bits per heavy atom. The van der Waals surface area contributed by atoms with Gasteiger partial charge in [0.25, 0.3) is 0 Å². The van der Waals surface area contributed by atoms with Crippen molar-refractivity contribution in [3.8, 4) is 11.8 Å². The Morgan fingerprint density at radius 2 is 2.14 bits per heavy atom. The predicted molar refractivity (Wildman–Crippen MR) is 83.0 cm³/mol. The molecule has 3 rings (SSSR count). The van der Waals surface area contributed by atoms with Crippen molar-refractivity contribution in [2.45, 2.75) is 5.88 Å². The van der Waals surface area contributed by atoms with E-state index in [1.165, 1.54) is 12.1 Å². The van der Waals surface area contributed by atoms with E-state index in [4.69, 9.17) is 11.6 Å². The number of rotatable bonds is 2. The molecule has 0 radical (unpaired) electrons. The zero-order valence-electron chi connectivity index (χ0n) is 10.6. The van der Waals surface area contributed by atoms with Crippen LogP contribution in [0.1, 0.15) is 11.4 Å². The fraction of sp³-hybridized carbons (Fsp3) is 0.0667. The van der Waals surface area contributed by atoms with Gasteiger partial charge in [0.05, 0.1) is 22.6 Å². The van der Waals surface area contributed by atoms with Gasteiger partial charge in [-0.2, -0.15) is 5.26 Å². The average Bonchev–Trinajstić information content (AvgIpc) is 2.88. The van der Waals surface area contributed by atoms with E-state index in [0.717, 1.165) is 9.99 Å². The van der Waals surface area contributed by atoms with E-state index >= 15 is 0 Å². The Labute approximate surface area is 133 Å². The fourth-order valence-corrected chi connectivity index (χ4v) is 2.86. The number of nitrogens with zero attached hydrogens (tertiary/aromatic N) is 3. The largest absolute Gasteiger partial charge is 0.294 e. The number of benzene rings is 2. The van der Waals surface area contributed by atoms with Crippen LogP contribution in [0, 0.1) is 17.1 Å². The minimum Gasteiger partial charge on any atom is -0.294 e. The number of nitriles is 1. The number of para-hydroxylation sites is 1. The van der Waals surface area contributed by atoms with Crippen LogP contribution in [0.4, 0.5) is 4.39 Å². The van der Waals surface area contributed by atoms with Gasteiger partial charge in [0.1, 0.15) is 23.2 Å². The lowest BCUT2D eigenvalue weighted by molar-refractivity contribution is 0.626. The number of hydrogen-bond acceptors (Lipinski definition) is 2. The molecule has 0 saturated heterocycles. The topological polar surface area (TPSA) is 41.6 Å². The Hall–Kier alpha value is -1.90. The lowest BCUT2D eigenvalue weighted by atomic mass is 10.2. The molecular formula is C15H8BrClFN3. The highest BCUT2D eigenvalue weighted by Gasteiger charge is 2.16. The molecule has 0 aliphatic carbocycles. The molecule has 104 valence electrons. The molecule has 1 heterocycles. The van der Waals surface area contributed by atoms with Crippen LogP contribution in [0.2, 0.25) is 0 Å². The molecule has 0 saturated carbocycles. The summed E-state index contributed by atoms with van der Waals surface area (Å²) in [6, 6.07) is 11.8. The van der Waals surface area contributed by atoms with Crippen molar-refractivity contribution in [1.82, 2.24) is 9.55 Å². The lowest BCUT2D eigenvalue weighted by Gasteiger charge is -2.10. The van der Waals surface area contributed by atoms with Crippen LogP contribution in [-0.2, 0) is 5.88 Å². The quantitative estimate of drug-likeness (QED) is 0.627. The SMILES string of the molecule is N#Cc1cccc2c1nc(CCl)n2-c1cc(F)ccc1Br. The summed E-state index contributed by atoms with van der Waals surface area (Å²) in [5, 5.41) is 9.18. The number of hydrogen-bond donors (Lipinski definition) is 0. The summed E-state index contributed by atoms with van der Waals surface area (Å²) in [6.07, 6.45) is 0. The van der Waals surface area contributed by atoms with Gasteiger partial charge < -0.3 is 0 Å². The summed E-state index contributed by atoms with van der Waals surface area (Å²) in [7, 11) is 0. The molecular weight excluding hydrogens is 357 g/mol. The molecule has 3 aromatic rings. The Balaban J connectivity index is 2.42. The summed E-state index contributed by atoms with van der Waals surface area (Å²) in [5.74, 6) is 0.357. The first-order valence-electron chi connectivity index (χ1n) is 6.07. The van der Waals surface area contributed by atoms with Crippen LogP contribution in [0.15, 0.2) is 40.9 Å². The van der Waals surface area contributed by atoms with Crippen molar-refractivity contribution in [2.75, 3.05) is 0 Å². The fourth-order valence-electron chi connectivity index (χ4n) is 2.25. The van der Waals surface area contributed by atoms with E-state index in [-0.39, 0.29) is 11.7 Å². The third-order valence-electron chi connectivity index (χ3n) is 3.14. The molecule has 0 spiro atoms. The van der Waals surface area contributed by atoms with Crippen molar-refractivity contribution < 1.29 is 4.39 Å². The number of aromatic nitrogens is 2. The van der Waals surface area contributed by atoms with Crippen LogP contribution >= 0.6 is 27.5 Å². The maximum Gasteiger partial charge on any atom is 0.129 e. The molecule has 3 nitrogen and oxygen atoms in total. The predicted octanol–water partition coefficient (Wildman–Crippen LogP) is 4.54. The van der Waals surface area contributed by atoms with Gasteiger partial charge in [-0.1, -0.05) is 6.07 Å². The molecule has 0 bridgehead atoms. The monoisotopic (exact) mass is 363 g/mol. The van der Waals surface area contributed by atoms with E-state index in [2.05, 4.69) is 27.0 Å². The van der Waals surface area contributed by atoms with Crippen LogP contribution in [0.3, 0.4) is 0 Å². The van der Waals surface area contributed by atoms with Gasteiger partial charge in [-0.05, 0) is 46.3 Å². The third-order valence-corrected chi connectivity index (χ3v) is 4.05. The molecule has 0 aliphatic rings. The summed E-state index contributed by atoms with van der Waals surface area (Å²) in [5.41, 5.74) is 2.34. The molecule has 0 atom stereocenters. The van der Waals surface area contributed by atoms with E-state index in [1.807, 2.05) is 6.07 Å². The first kappa shape index (κ1) is 14.1. The van der Waals surface area contributed by atoms with Crippen LogP contribution in [0.25, 0.3) is 16.7 Å². The molecule has 21 heavy (non-hydrogen) atoms. The molecule has 6 heteroatoms. The third kappa shape index (κ3) is 2.31. The Morgan fingerprint density at radius 1 is 1.33 bits per heavy atom. The second kappa shape index (κ2) is 5.47. The maximum atomic E-state index is 13.6. The normalized spacial score (nSPS) is 10.8. The highest BCUT2D eigenvalue weighted by molar-refractivity contribution is 9.10. The van der Waals surface area contributed by atoms with Gasteiger partial charge in [-0.15, -0.1) is 11.6 Å². The van der Waals surface area contributed by atoms with E-state index in [9.17, 15) is 9.65 Å². The molecule has 0 fully saturated rings. The number of imidazole rings is 1. The summed E-state index contributed by atoms with van der Waals surface area (Å²) in [6.45, 7) is 0. The highest BCUT2D eigenvalue weighted by Crippen LogP contribution is 2.29. The van der Waals surface area contributed by atoms with Crippen molar-refractivity contribution in [3.63, 3.8) is 0 Å². The first-order valence-corrected chi connectivity index (χ1v) is 7.40. The van der Waals surface area contributed by atoms with Gasteiger partial charge in [-0.3, -0.25) is 4.57 Å². The molecule has 0 unspecified atom stereocenters. The van der Waals surface area contributed by atoms with Crippen LogP contribution in [0.5, 0.6) is 0 Å². The number of halogens is 3. The average molecular weight is 365 g/mol. The molecule has 0 aliphatic heterocycles. The van der Waals surface area contributed by atoms with Gasteiger partial charge in [0.15, 0.2) is 0 Å². The smallest absolute Gasteiger partial charge is 0.129 e. The summed E-state index contributed by atoms with van der Waals surface area (Å²) >= 11 is 9.38. The first-order chi connectivity index (χ1) is 10.2. The minimum atomic E-state index is -0.355. The second-order valence-electron chi connectivity index (χ2n) is 4.38. The van der Waals surface area contributed by atoms with Crippen LogP contribution in [-0.4, -0.2) is 9.55 Å². The zero-order chi connectivity index (χ0) is 15.0. The minimum absolute atomic E-state index is 0.155. The zero-order valence-corrected chi connectivity index (χ0v) is 13.0. The van der Waals surface area contributed by atoms with Crippen molar-refractivity contribution in [1.29, 1.82) is 5.26 Å². The van der Waals surface area contributed by atoms with Gasteiger partial charge >= 0.3 is 0 Å². The maximum absolute atomic E-state index is 13.6. The molecule has 0 amide bonds. The molecule has 0 N–H and O–H groups in total. The van der Waals surface area contributed by atoms with Gasteiger partial charge in [-0.25, -0.2) is 9.37 Å². The highest BCUT2D eigenvalue weighted by atomic mass is 79.9. The van der Waals surface area contributed by atoms with Crippen molar-refractivity contribution in [3.05, 3.63) is 58.1 Å². The summed E-state index contributed by atoms with van der Waals surface area (Å²) in [4.78, 5) is 4.41. The van der Waals surface area contributed by atoms with E-state index in [0.29, 0.717) is 22.6 Å². The van der Waals surface area contributed by atoms with E-state index in [1.54, 1.807) is 22.8 Å². The second-order valence-corrected chi connectivity index (χ2v) is 5.50.